The number of aromatic nitrogens is 2. The van der Waals surface area contributed by atoms with Crippen molar-refractivity contribution in [2.24, 2.45) is 0 Å². The molecule has 0 saturated heterocycles. The van der Waals surface area contributed by atoms with Crippen molar-refractivity contribution in [3.8, 4) is 11.3 Å². The summed E-state index contributed by atoms with van der Waals surface area (Å²) in [7, 11) is 0. The summed E-state index contributed by atoms with van der Waals surface area (Å²) in [5.74, 6) is 1.22. The number of rotatable bonds is 1. The van der Waals surface area contributed by atoms with Crippen molar-refractivity contribution in [3.63, 3.8) is 0 Å². The first-order chi connectivity index (χ1) is 8.63. The summed E-state index contributed by atoms with van der Waals surface area (Å²) in [4.78, 5) is 8.66. The van der Waals surface area contributed by atoms with Crippen molar-refractivity contribution in [1.82, 2.24) is 9.97 Å². The number of benzene rings is 1. The predicted molar refractivity (Wildman–Crippen MR) is 73.5 cm³/mol. The van der Waals surface area contributed by atoms with Gasteiger partial charge in [0.2, 0.25) is 5.95 Å². The molecule has 0 aliphatic carbocycles. The Morgan fingerprint density at radius 3 is 2.56 bits per heavy atom. The van der Waals surface area contributed by atoms with Crippen LogP contribution >= 0.6 is 0 Å². The molecule has 0 bridgehead atoms. The molecule has 2 heterocycles. The van der Waals surface area contributed by atoms with Crippen molar-refractivity contribution in [1.29, 1.82) is 0 Å². The second kappa shape index (κ2) is 3.98. The molecule has 0 unspecified atom stereocenters. The fourth-order valence-corrected chi connectivity index (χ4v) is 2.54. The summed E-state index contributed by atoms with van der Waals surface area (Å²) in [5.41, 5.74) is 11.5. The van der Waals surface area contributed by atoms with Gasteiger partial charge in [0.25, 0.3) is 0 Å². The van der Waals surface area contributed by atoms with E-state index in [0.29, 0.717) is 5.95 Å². The van der Waals surface area contributed by atoms with Crippen LogP contribution in [0.5, 0.6) is 0 Å². The van der Waals surface area contributed by atoms with Gasteiger partial charge in [0.15, 0.2) is 0 Å². The van der Waals surface area contributed by atoms with Gasteiger partial charge in [0, 0.05) is 17.7 Å². The Morgan fingerprint density at radius 2 is 1.83 bits per heavy atom. The number of nitrogen functional groups attached to an aromatic ring is 1. The maximum Gasteiger partial charge on any atom is 0.222 e. The predicted octanol–water partition coefficient (Wildman–Crippen LogP) is 2.31. The average molecular weight is 240 g/mol. The van der Waals surface area contributed by atoms with Crippen LogP contribution in [0.15, 0.2) is 18.2 Å². The number of nitrogens with two attached hydrogens (primary N) is 1. The Bertz CT molecular complexity index is 599. The molecule has 4 nitrogen and oxygen atoms in total. The Labute approximate surface area is 106 Å². The first-order valence-electron chi connectivity index (χ1n) is 6.12. The molecule has 0 radical (unpaired) electrons. The van der Waals surface area contributed by atoms with Crippen LogP contribution in [0.4, 0.5) is 11.8 Å². The molecule has 0 amide bonds. The van der Waals surface area contributed by atoms with Crippen LogP contribution in [0.1, 0.15) is 16.7 Å². The Kier molecular flexibility index (Phi) is 2.44. The number of nitrogens with zero attached hydrogens (tertiary/aromatic N) is 2. The Balaban J connectivity index is 2.22. The van der Waals surface area contributed by atoms with Crippen LogP contribution in [0.3, 0.4) is 0 Å². The van der Waals surface area contributed by atoms with E-state index < -0.39 is 0 Å². The number of hydrogen-bond donors (Lipinski definition) is 2. The lowest BCUT2D eigenvalue weighted by molar-refractivity contribution is 1.09. The molecule has 0 atom stereocenters. The van der Waals surface area contributed by atoms with E-state index in [1.807, 2.05) is 0 Å². The van der Waals surface area contributed by atoms with Crippen molar-refractivity contribution >= 4 is 11.8 Å². The lowest BCUT2D eigenvalue weighted by atomic mass is 10.0. The normalized spacial score (nSPS) is 13.2. The smallest absolute Gasteiger partial charge is 0.222 e. The van der Waals surface area contributed by atoms with Gasteiger partial charge < -0.3 is 11.1 Å². The number of hydrogen-bond acceptors (Lipinski definition) is 4. The van der Waals surface area contributed by atoms with E-state index in [9.17, 15) is 0 Å². The summed E-state index contributed by atoms with van der Waals surface area (Å²) in [6.45, 7) is 5.10. The third kappa shape index (κ3) is 1.79. The second-order valence-electron chi connectivity index (χ2n) is 4.81. The molecule has 1 aromatic heterocycles. The third-order valence-corrected chi connectivity index (χ3v) is 3.19. The number of nitrogens with one attached hydrogen (secondary N) is 1. The van der Waals surface area contributed by atoms with E-state index in [4.69, 9.17) is 5.73 Å². The fraction of sp³-hybridized carbons (Fsp3) is 0.286. The van der Waals surface area contributed by atoms with Gasteiger partial charge in [-0.15, -0.1) is 0 Å². The molecule has 92 valence electrons. The Morgan fingerprint density at radius 1 is 1.11 bits per heavy atom. The number of fused-ring (bicyclic) bond motifs is 1. The Hall–Kier alpha value is -2.10. The van der Waals surface area contributed by atoms with E-state index in [2.05, 4.69) is 47.3 Å². The van der Waals surface area contributed by atoms with Gasteiger partial charge >= 0.3 is 0 Å². The van der Waals surface area contributed by atoms with Crippen LogP contribution in [0, 0.1) is 13.8 Å². The lowest BCUT2D eigenvalue weighted by Crippen LogP contribution is -2.01. The molecule has 18 heavy (non-hydrogen) atoms. The largest absolute Gasteiger partial charge is 0.369 e. The number of anilines is 2. The van der Waals surface area contributed by atoms with E-state index in [1.54, 1.807) is 0 Å². The molecule has 1 aliphatic heterocycles. The van der Waals surface area contributed by atoms with Gasteiger partial charge in [-0.3, -0.25) is 0 Å². The highest BCUT2D eigenvalue weighted by atomic mass is 15.1. The van der Waals surface area contributed by atoms with Crippen molar-refractivity contribution < 1.29 is 0 Å². The summed E-state index contributed by atoms with van der Waals surface area (Å²) in [6, 6.07) is 6.45. The molecule has 3 rings (SSSR count). The number of aryl methyl sites for hydroxylation is 2. The van der Waals surface area contributed by atoms with Crippen molar-refractivity contribution in [2.45, 2.75) is 20.3 Å². The zero-order valence-corrected chi connectivity index (χ0v) is 10.6. The van der Waals surface area contributed by atoms with Crippen LogP contribution in [-0.2, 0) is 6.42 Å². The zero-order valence-electron chi connectivity index (χ0n) is 10.6. The van der Waals surface area contributed by atoms with E-state index >= 15 is 0 Å². The lowest BCUT2D eigenvalue weighted by Gasteiger charge is -2.09. The average Bonchev–Trinajstić information content (AvgIpc) is 2.74. The molecule has 0 spiro atoms. The molecule has 4 heteroatoms. The van der Waals surface area contributed by atoms with Gasteiger partial charge in [-0.1, -0.05) is 17.2 Å². The molecule has 0 saturated carbocycles. The molecular weight excluding hydrogens is 224 g/mol. The maximum atomic E-state index is 5.78. The molecule has 1 aromatic carbocycles. The van der Waals surface area contributed by atoms with E-state index in [1.165, 1.54) is 16.7 Å². The molecular formula is C14H16N4. The topological polar surface area (TPSA) is 63.8 Å². The van der Waals surface area contributed by atoms with Gasteiger partial charge in [-0.05, 0) is 32.4 Å². The summed E-state index contributed by atoms with van der Waals surface area (Å²) < 4.78 is 0. The third-order valence-electron chi connectivity index (χ3n) is 3.19. The maximum absolute atomic E-state index is 5.78. The summed E-state index contributed by atoms with van der Waals surface area (Å²) >= 11 is 0. The zero-order chi connectivity index (χ0) is 12.7. The van der Waals surface area contributed by atoms with E-state index in [-0.39, 0.29) is 0 Å². The van der Waals surface area contributed by atoms with Gasteiger partial charge in [0.1, 0.15) is 5.82 Å². The summed E-state index contributed by atoms with van der Waals surface area (Å²) in [6.07, 6.45) is 0.956. The second-order valence-corrected chi connectivity index (χ2v) is 4.81. The molecule has 3 N–H and O–H groups in total. The minimum atomic E-state index is 0.331. The van der Waals surface area contributed by atoms with E-state index in [0.717, 1.165) is 30.0 Å². The van der Waals surface area contributed by atoms with Crippen molar-refractivity contribution in [2.75, 3.05) is 17.6 Å². The highest BCUT2D eigenvalue weighted by Gasteiger charge is 2.19. The first kappa shape index (κ1) is 11.0. The van der Waals surface area contributed by atoms with Gasteiger partial charge in [-0.2, -0.15) is 4.98 Å². The minimum Gasteiger partial charge on any atom is -0.369 e. The van der Waals surface area contributed by atoms with Gasteiger partial charge in [-0.25, -0.2) is 4.98 Å². The first-order valence-corrected chi connectivity index (χ1v) is 6.12. The van der Waals surface area contributed by atoms with Crippen LogP contribution in [0.2, 0.25) is 0 Å². The highest BCUT2D eigenvalue weighted by Crippen LogP contribution is 2.31. The monoisotopic (exact) mass is 240 g/mol. The van der Waals surface area contributed by atoms with Crippen LogP contribution in [-0.4, -0.2) is 16.5 Å². The molecule has 2 aromatic rings. The fourth-order valence-electron chi connectivity index (χ4n) is 2.54. The van der Waals surface area contributed by atoms with Crippen molar-refractivity contribution in [3.05, 3.63) is 34.9 Å². The standard InChI is InChI=1S/C14H16N4/c1-8-5-9(2)7-10(6-8)12-11-3-4-16-13(11)18-14(15)17-12/h5-7H,3-4H2,1-2H3,(H3,15,16,17,18). The molecule has 1 aliphatic rings. The summed E-state index contributed by atoms with van der Waals surface area (Å²) in [5, 5.41) is 3.25. The van der Waals surface area contributed by atoms with Crippen LogP contribution < -0.4 is 11.1 Å². The van der Waals surface area contributed by atoms with Crippen LogP contribution in [0.25, 0.3) is 11.3 Å². The highest BCUT2D eigenvalue weighted by molar-refractivity contribution is 5.72. The molecule has 0 fully saturated rings. The van der Waals surface area contributed by atoms with Gasteiger partial charge in [0.05, 0.1) is 5.69 Å². The SMILES string of the molecule is Cc1cc(C)cc(-c2nc(N)nc3c2CCN3)c1. The minimum absolute atomic E-state index is 0.331. The quantitative estimate of drug-likeness (QED) is 0.803.